The molecule has 1 N–H and O–H groups in total. The molecule has 0 heterocycles. The summed E-state index contributed by atoms with van der Waals surface area (Å²) < 4.78 is 5.68. The Balaban J connectivity index is 2.24. The highest BCUT2D eigenvalue weighted by Gasteiger charge is 2.16. The highest BCUT2D eigenvalue weighted by molar-refractivity contribution is 5.46. The lowest BCUT2D eigenvalue weighted by atomic mass is 9.87. The van der Waals surface area contributed by atoms with E-state index < -0.39 is 0 Å². The number of phenolic OH excluding ortho intramolecular Hbond substituents is 1. The molecule has 0 aromatic heterocycles. The van der Waals surface area contributed by atoms with Crippen LogP contribution >= 0.6 is 0 Å². The van der Waals surface area contributed by atoms with E-state index in [1.54, 1.807) is 6.07 Å². The van der Waals surface area contributed by atoms with Gasteiger partial charge in [0.25, 0.3) is 0 Å². The molecule has 0 bridgehead atoms. The lowest BCUT2D eigenvalue weighted by Gasteiger charge is -2.20. The van der Waals surface area contributed by atoms with Gasteiger partial charge in [-0.3, -0.25) is 0 Å². The van der Waals surface area contributed by atoms with Crippen LogP contribution in [0.3, 0.4) is 0 Å². The van der Waals surface area contributed by atoms with E-state index in [1.807, 2.05) is 43.3 Å². The van der Waals surface area contributed by atoms with Gasteiger partial charge in [0.05, 0.1) is 0 Å². The number of aryl methyl sites for hydroxylation is 1. The van der Waals surface area contributed by atoms with Crippen molar-refractivity contribution in [3.05, 3.63) is 53.6 Å². The van der Waals surface area contributed by atoms with E-state index in [1.165, 1.54) is 5.56 Å². The van der Waals surface area contributed by atoms with Crippen molar-refractivity contribution >= 4 is 0 Å². The molecule has 0 atom stereocenters. The Morgan fingerprint density at radius 1 is 0.947 bits per heavy atom. The standard InChI is InChI=1S/C17H20O2/c1-12-5-8-14(9-6-12)19-16-10-7-13(11-15(16)18)17(2,3)4/h5-11,18H,1-4H3. The molecular formula is C17H20O2. The maximum Gasteiger partial charge on any atom is 0.169 e. The summed E-state index contributed by atoms with van der Waals surface area (Å²) in [5.74, 6) is 1.38. The summed E-state index contributed by atoms with van der Waals surface area (Å²) in [7, 11) is 0. The second-order valence-electron chi connectivity index (χ2n) is 5.85. The summed E-state index contributed by atoms with van der Waals surface area (Å²) >= 11 is 0. The zero-order valence-electron chi connectivity index (χ0n) is 11.9. The van der Waals surface area contributed by atoms with E-state index in [9.17, 15) is 5.11 Å². The molecule has 0 saturated carbocycles. The Morgan fingerprint density at radius 3 is 2.11 bits per heavy atom. The Hall–Kier alpha value is -1.96. The van der Waals surface area contributed by atoms with Crippen molar-refractivity contribution in [1.29, 1.82) is 0 Å². The smallest absolute Gasteiger partial charge is 0.169 e. The van der Waals surface area contributed by atoms with E-state index in [0.717, 1.165) is 11.3 Å². The SMILES string of the molecule is Cc1ccc(Oc2ccc(C(C)(C)C)cc2O)cc1. The average molecular weight is 256 g/mol. The van der Waals surface area contributed by atoms with Crippen LogP contribution in [0.2, 0.25) is 0 Å². The normalized spacial score (nSPS) is 11.4. The number of hydrogen-bond donors (Lipinski definition) is 1. The number of benzene rings is 2. The first-order valence-electron chi connectivity index (χ1n) is 6.44. The van der Waals surface area contributed by atoms with Gasteiger partial charge in [0.2, 0.25) is 0 Å². The molecule has 0 aliphatic rings. The van der Waals surface area contributed by atoms with E-state index in [2.05, 4.69) is 20.8 Å². The molecule has 2 nitrogen and oxygen atoms in total. The summed E-state index contributed by atoms with van der Waals surface area (Å²) in [5.41, 5.74) is 2.28. The summed E-state index contributed by atoms with van der Waals surface area (Å²) in [4.78, 5) is 0. The summed E-state index contributed by atoms with van der Waals surface area (Å²) in [6.07, 6.45) is 0. The summed E-state index contributed by atoms with van der Waals surface area (Å²) in [5, 5.41) is 10.0. The van der Waals surface area contributed by atoms with Gasteiger partial charge in [-0.05, 0) is 42.2 Å². The molecule has 0 unspecified atom stereocenters. The molecule has 0 aliphatic heterocycles. The molecule has 100 valence electrons. The zero-order valence-corrected chi connectivity index (χ0v) is 11.9. The Labute approximate surface area is 114 Å². The van der Waals surface area contributed by atoms with Gasteiger partial charge in [-0.25, -0.2) is 0 Å². The van der Waals surface area contributed by atoms with Crippen LogP contribution in [0, 0.1) is 6.92 Å². The van der Waals surface area contributed by atoms with Gasteiger partial charge in [-0.15, -0.1) is 0 Å². The van der Waals surface area contributed by atoms with E-state index >= 15 is 0 Å². The van der Waals surface area contributed by atoms with Gasteiger partial charge >= 0.3 is 0 Å². The minimum Gasteiger partial charge on any atom is -0.504 e. The maximum atomic E-state index is 10.0. The van der Waals surface area contributed by atoms with Crippen LogP contribution in [0.4, 0.5) is 0 Å². The minimum absolute atomic E-state index is 0.0138. The molecule has 0 fully saturated rings. The lowest BCUT2D eigenvalue weighted by Crippen LogP contribution is -2.10. The van der Waals surface area contributed by atoms with Crippen LogP contribution in [-0.4, -0.2) is 5.11 Å². The average Bonchev–Trinajstić information content (AvgIpc) is 2.33. The predicted octanol–water partition coefficient (Wildman–Crippen LogP) is 4.79. The number of phenols is 1. The molecule has 2 aromatic carbocycles. The van der Waals surface area contributed by atoms with Gasteiger partial charge in [-0.1, -0.05) is 44.5 Å². The molecule has 0 spiro atoms. The van der Waals surface area contributed by atoms with Crippen LogP contribution in [0.5, 0.6) is 17.2 Å². The Kier molecular flexibility index (Phi) is 3.52. The van der Waals surface area contributed by atoms with Gasteiger partial charge < -0.3 is 9.84 Å². The highest BCUT2D eigenvalue weighted by atomic mass is 16.5. The molecule has 2 rings (SSSR count). The zero-order chi connectivity index (χ0) is 14.0. The third kappa shape index (κ3) is 3.28. The van der Waals surface area contributed by atoms with E-state index in [-0.39, 0.29) is 11.2 Å². The number of ether oxygens (including phenoxy) is 1. The van der Waals surface area contributed by atoms with Crippen molar-refractivity contribution in [3.63, 3.8) is 0 Å². The molecule has 2 heteroatoms. The van der Waals surface area contributed by atoms with Crippen molar-refractivity contribution < 1.29 is 9.84 Å². The first-order valence-corrected chi connectivity index (χ1v) is 6.44. The largest absolute Gasteiger partial charge is 0.504 e. The van der Waals surface area contributed by atoms with Crippen LogP contribution in [0.15, 0.2) is 42.5 Å². The molecule has 2 aromatic rings. The summed E-state index contributed by atoms with van der Waals surface area (Å²) in [6, 6.07) is 13.3. The molecule has 0 aliphatic carbocycles. The van der Waals surface area contributed by atoms with Crippen molar-refractivity contribution in [2.24, 2.45) is 0 Å². The predicted molar refractivity (Wildman–Crippen MR) is 78.1 cm³/mol. The molecular weight excluding hydrogens is 236 g/mol. The van der Waals surface area contributed by atoms with E-state index in [4.69, 9.17) is 4.74 Å². The first-order chi connectivity index (χ1) is 8.86. The number of aromatic hydroxyl groups is 1. The fraction of sp³-hybridized carbons (Fsp3) is 0.294. The van der Waals surface area contributed by atoms with Gasteiger partial charge in [-0.2, -0.15) is 0 Å². The summed E-state index contributed by atoms with van der Waals surface area (Å²) in [6.45, 7) is 8.37. The minimum atomic E-state index is 0.0138. The molecule has 0 amide bonds. The quantitative estimate of drug-likeness (QED) is 0.837. The lowest BCUT2D eigenvalue weighted by molar-refractivity contribution is 0.409. The van der Waals surface area contributed by atoms with Crippen molar-refractivity contribution in [1.82, 2.24) is 0 Å². The molecule has 0 saturated heterocycles. The monoisotopic (exact) mass is 256 g/mol. The van der Waals surface area contributed by atoms with E-state index in [0.29, 0.717) is 5.75 Å². The van der Waals surface area contributed by atoms with Crippen molar-refractivity contribution in [3.8, 4) is 17.2 Å². The molecule has 0 radical (unpaired) electrons. The van der Waals surface area contributed by atoms with Gasteiger partial charge in [0, 0.05) is 0 Å². The number of rotatable bonds is 2. The van der Waals surface area contributed by atoms with Crippen LogP contribution < -0.4 is 4.74 Å². The maximum absolute atomic E-state index is 10.0. The van der Waals surface area contributed by atoms with Crippen LogP contribution in [-0.2, 0) is 5.41 Å². The second-order valence-corrected chi connectivity index (χ2v) is 5.85. The number of hydrogen-bond acceptors (Lipinski definition) is 2. The van der Waals surface area contributed by atoms with Gasteiger partial charge in [0.15, 0.2) is 11.5 Å². The third-order valence-electron chi connectivity index (χ3n) is 3.07. The first kappa shape index (κ1) is 13.5. The highest BCUT2D eigenvalue weighted by Crippen LogP contribution is 2.34. The topological polar surface area (TPSA) is 29.5 Å². The van der Waals surface area contributed by atoms with Gasteiger partial charge in [0.1, 0.15) is 5.75 Å². The fourth-order valence-electron chi connectivity index (χ4n) is 1.80. The van der Waals surface area contributed by atoms with Crippen LogP contribution in [0.25, 0.3) is 0 Å². The fourth-order valence-corrected chi connectivity index (χ4v) is 1.80. The third-order valence-corrected chi connectivity index (χ3v) is 3.07. The second kappa shape index (κ2) is 4.96. The van der Waals surface area contributed by atoms with Crippen LogP contribution in [0.1, 0.15) is 31.9 Å². The molecule has 19 heavy (non-hydrogen) atoms. The Bertz CT molecular complexity index is 563. The van der Waals surface area contributed by atoms with Crippen molar-refractivity contribution in [2.75, 3.05) is 0 Å². The van der Waals surface area contributed by atoms with Crippen molar-refractivity contribution in [2.45, 2.75) is 33.1 Å². The Morgan fingerprint density at radius 2 is 1.58 bits per heavy atom.